The zero-order valence-electron chi connectivity index (χ0n) is 38.2. The van der Waals surface area contributed by atoms with Gasteiger partial charge in [-0.1, -0.05) is 29.3 Å². The number of fused-ring (bicyclic) bond motifs is 1. The van der Waals surface area contributed by atoms with Gasteiger partial charge in [0, 0.05) is 59.4 Å². The molecule has 0 spiro atoms. The van der Waals surface area contributed by atoms with Crippen molar-refractivity contribution in [2.75, 3.05) is 63.7 Å². The minimum absolute atomic E-state index is 0.0776. The lowest BCUT2D eigenvalue weighted by Gasteiger charge is -2.30. The van der Waals surface area contributed by atoms with Crippen LogP contribution in [-0.2, 0) is 17.8 Å². The molecule has 1 aliphatic heterocycles. The molecule has 0 amide bonds. The van der Waals surface area contributed by atoms with E-state index in [1.165, 1.54) is 4.57 Å². The normalized spacial score (nSPS) is 13.4. The van der Waals surface area contributed by atoms with Crippen molar-refractivity contribution < 1.29 is 31.9 Å². The quantitative estimate of drug-likeness (QED) is 0.0509. The van der Waals surface area contributed by atoms with Gasteiger partial charge >= 0.3 is 6.18 Å². The van der Waals surface area contributed by atoms with Gasteiger partial charge in [-0.05, 0) is 157 Å². The summed E-state index contributed by atoms with van der Waals surface area (Å²) < 4.78 is 67.2. The highest BCUT2D eigenvalue weighted by molar-refractivity contribution is 5.94. The number of nitrogens with one attached hydrogen (secondary N) is 2. The van der Waals surface area contributed by atoms with Gasteiger partial charge in [-0.25, -0.2) is 0 Å². The molecule has 2 N–H and O–H groups in total. The first kappa shape index (κ1) is 47.8. The number of benzene rings is 3. The van der Waals surface area contributed by atoms with E-state index >= 15 is 0 Å². The maximum atomic E-state index is 13.7. The van der Waals surface area contributed by atoms with Crippen molar-refractivity contribution in [3.8, 4) is 34.5 Å². The van der Waals surface area contributed by atoms with E-state index in [2.05, 4.69) is 39.6 Å². The lowest BCUT2D eigenvalue weighted by atomic mass is 10.0. The van der Waals surface area contributed by atoms with Gasteiger partial charge in [-0.15, -0.1) is 0 Å². The Labute approximate surface area is 385 Å². The van der Waals surface area contributed by atoms with E-state index in [0.717, 1.165) is 134 Å². The van der Waals surface area contributed by atoms with Gasteiger partial charge in [0.15, 0.2) is 0 Å². The molecule has 4 heterocycles. The zero-order valence-corrected chi connectivity index (χ0v) is 38.2. The minimum Gasteiger partial charge on any atom is -0.494 e. The molecule has 1 fully saturated rings. The third-order valence-corrected chi connectivity index (χ3v) is 11.8. The number of unbranched alkanes of at least 4 members (excludes halogenated alkanes) is 4. The monoisotopic (exact) mass is 906 g/mol. The van der Waals surface area contributed by atoms with E-state index in [4.69, 9.17) is 18.7 Å². The van der Waals surface area contributed by atoms with Gasteiger partial charge < -0.3 is 43.4 Å². The molecule has 0 atom stereocenters. The summed E-state index contributed by atoms with van der Waals surface area (Å²) in [5, 5.41) is 11.6. The van der Waals surface area contributed by atoms with Crippen molar-refractivity contribution in [1.29, 1.82) is 0 Å². The lowest BCUT2D eigenvalue weighted by molar-refractivity contribution is -0.140. The first-order chi connectivity index (χ1) is 32.0. The third kappa shape index (κ3) is 13.9. The van der Waals surface area contributed by atoms with Crippen LogP contribution in [0.1, 0.15) is 74.1 Å². The number of piperidine rings is 1. The van der Waals surface area contributed by atoms with Crippen molar-refractivity contribution in [2.24, 2.45) is 0 Å². The Morgan fingerprint density at radius 3 is 2.26 bits per heavy atom. The highest BCUT2D eigenvalue weighted by atomic mass is 19.4. The van der Waals surface area contributed by atoms with Crippen LogP contribution in [-0.4, -0.2) is 84.5 Å². The molecule has 1 saturated heterocycles. The molecule has 0 saturated carbocycles. The fraction of sp³-hybridized carbons (Fsp3) is 0.423. The van der Waals surface area contributed by atoms with Crippen LogP contribution < -0.4 is 25.7 Å². The second-order valence-electron chi connectivity index (χ2n) is 17.0. The van der Waals surface area contributed by atoms with E-state index < -0.39 is 12.7 Å². The molecule has 6 aromatic rings. The Morgan fingerprint density at radius 1 is 0.833 bits per heavy atom. The number of likely N-dealkylation sites (tertiary alicyclic amines) is 1. The molecule has 14 heteroatoms. The number of pyridine rings is 1. The SMILES string of the molecule is Cc1noc(C)c1-c1ccc(=O)n(Cc2cccc(OCCCCCOCCCCCOc3ccc(NCC#Cc4cc5c(NC6CCN(C)CC6)cccc5n4CC(F)(F)F)cc3)c2)c1. The fourth-order valence-electron chi connectivity index (χ4n) is 8.26. The molecule has 3 aromatic carbocycles. The minimum atomic E-state index is -4.38. The molecule has 0 bridgehead atoms. The van der Waals surface area contributed by atoms with Gasteiger partial charge in [0.2, 0.25) is 0 Å². The zero-order chi connectivity index (χ0) is 46.3. The van der Waals surface area contributed by atoms with Crippen LogP contribution in [0.5, 0.6) is 11.5 Å². The summed E-state index contributed by atoms with van der Waals surface area (Å²) >= 11 is 0. The highest BCUT2D eigenvalue weighted by Gasteiger charge is 2.30. The standard InChI is InChI=1S/C52H61F3N6O5/c1-38-51(39(2)66-58-38)41-18-23-50(62)60(36-41)35-40-13-10-15-46(33-40)65-32-9-5-7-30-63-29-6-4-8-31-64-45-21-19-42(20-22-45)56-26-12-14-44-34-47-48(57-43-24-27-59(3)28-25-43)16-11-17-49(47)61(44)37-52(53,54)55/h10-11,13,15-23,33-34,36,43,56-57H,4-9,24-32,35,37H2,1-3H3. The van der Waals surface area contributed by atoms with Crippen molar-refractivity contribution in [3.63, 3.8) is 0 Å². The molecular formula is C52H61F3N6O5. The number of alkyl halides is 3. The number of ether oxygens (including phenoxy) is 3. The molecule has 0 radical (unpaired) electrons. The maximum Gasteiger partial charge on any atom is 0.406 e. The largest absolute Gasteiger partial charge is 0.494 e. The molecule has 350 valence electrons. The molecule has 1 aliphatic rings. The number of nitrogens with zero attached hydrogens (tertiary/aromatic N) is 4. The molecule has 3 aromatic heterocycles. The fourth-order valence-corrected chi connectivity index (χ4v) is 8.26. The van der Waals surface area contributed by atoms with E-state index in [0.29, 0.717) is 31.0 Å². The summed E-state index contributed by atoms with van der Waals surface area (Å²) in [5.41, 5.74) is 6.04. The molecule has 7 rings (SSSR count). The third-order valence-electron chi connectivity index (χ3n) is 11.8. The first-order valence-corrected chi connectivity index (χ1v) is 23.0. The average molecular weight is 907 g/mol. The summed E-state index contributed by atoms with van der Waals surface area (Å²) in [4.78, 5) is 14.9. The van der Waals surface area contributed by atoms with Gasteiger partial charge in [-0.3, -0.25) is 4.79 Å². The number of rotatable bonds is 22. The number of halogens is 3. The van der Waals surface area contributed by atoms with Crippen molar-refractivity contribution >= 4 is 22.3 Å². The number of hydrogen-bond acceptors (Lipinski definition) is 9. The van der Waals surface area contributed by atoms with Crippen LogP contribution in [0, 0.1) is 25.7 Å². The molecule has 0 aliphatic carbocycles. The van der Waals surface area contributed by atoms with Gasteiger partial charge in [0.1, 0.15) is 23.8 Å². The lowest BCUT2D eigenvalue weighted by Crippen LogP contribution is -2.36. The van der Waals surface area contributed by atoms with Crippen LogP contribution in [0.3, 0.4) is 0 Å². The van der Waals surface area contributed by atoms with Crippen molar-refractivity contribution in [3.05, 3.63) is 124 Å². The topological polar surface area (TPSA) is 108 Å². The number of anilines is 2. The van der Waals surface area contributed by atoms with E-state index in [9.17, 15) is 18.0 Å². The van der Waals surface area contributed by atoms with Crippen LogP contribution in [0.15, 0.2) is 100 Å². The first-order valence-electron chi connectivity index (χ1n) is 23.0. The van der Waals surface area contributed by atoms with Gasteiger partial charge in [0.05, 0.1) is 43.2 Å². The molecule has 66 heavy (non-hydrogen) atoms. The van der Waals surface area contributed by atoms with Crippen LogP contribution >= 0.6 is 0 Å². The van der Waals surface area contributed by atoms with E-state index in [-0.39, 0.29) is 18.1 Å². The van der Waals surface area contributed by atoms with Crippen LogP contribution in [0.25, 0.3) is 22.0 Å². The number of hydrogen-bond donors (Lipinski definition) is 2. The molecular weight excluding hydrogens is 846 g/mol. The maximum absolute atomic E-state index is 13.7. The number of aryl methyl sites for hydroxylation is 2. The van der Waals surface area contributed by atoms with E-state index in [1.54, 1.807) is 34.9 Å². The summed E-state index contributed by atoms with van der Waals surface area (Å²) in [7, 11) is 2.10. The van der Waals surface area contributed by atoms with Crippen LogP contribution in [0.2, 0.25) is 0 Å². The number of aromatic nitrogens is 3. The summed E-state index contributed by atoms with van der Waals surface area (Å²) in [5.74, 6) is 8.30. The summed E-state index contributed by atoms with van der Waals surface area (Å²) in [6.45, 7) is 8.00. The Kier molecular flexibility index (Phi) is 16.9. The molecule has 0 unspecified atom stereocenters. The van der Waals surface area contributed by atoms with Crippen LogP contribution in [0.4, 0.5) is 24.5 Å². The van der Waals surface area contributed by atoms with Gasteiger partial charge in [-0.2, -0.15) is 13.2 Å². The summed E-state index contributed by atoms with van der Waals surface area (Å²) in [6.07, 6.45) is 5.24. The second-order valence-corrected chi connectivity index (χ2v) is 17.0. The predicted molar refractivity (Wildman–Crippen MR) is 255 cm³/mol. The second kappa shape index (κ2) is 23.3. The average Bonchev–Trinajstić information content (AvgIpc) is 3.82. The Bertz CT molecular complexity index is 2580. The van der Waals surface area contributed by atoms with Crippen molar-refractivity contribution in [1.82, 2.24) is 19.2 Å². The smallest absolute Gasteiger partial charge is 0.406 e. The predicted octanol–water partition coefficient (Wildman–Crippen LogP) is 10.5. The van der Waals surface area contributed by atoms with Crippen molar-refractivity contribution in [2.45, 2.75) is 90.5 Å². The Hall–Kier alpha value is -6.17. The molecule has 11 nitrogen and oxygen atoms in total. The Morgan fingerprint density at radius 2 is 1.55 bits per heavy atom. The summed E-state index contributed by atoms with van der Waals surface area (Å²) in [6, 6.07) is 26.4. The highest BCUT2D eigenvalue weighted by Crippen LogP contribution is 2.32. The van der Waals surface area contributed by atoms with Gasteiger partial charge in [0.25, 0.3) is 5.56 Å². The van der Waals surface area contributed by atoms with E-state index in [1.807, 2.05) is 74.6 Å². The Balaban J connectivity index is 0.739.